The average Bonchev–Trinajstić information content (AvgIpc) is 2.16. The SMILES string of the molecule is O=C(CO)NCc1cnccn1. The summed E-state index contributed by atoms with van der Waals surface area (Å²) in [7, 11) is 0. The molecule has 1 aromatic heterocycles. The molecule has 0 saturated heterocycles. The van der Waals surface area contributed by atoms with E-state index in [2.05, 4.69) is 15.3 Å². The Labute approximate surface area is 69.5 Å². The van der Waals surface area contributed by atoms with Gasteiger partial charge in [0.25, 0.3) is 0 Å². The van der Waals surface area contributed by atoms with Gasteiger partial charge in [-0.25, -0.2) is 0 Å². The van der Waals surface area contributed by atoms with Gasteiger partial charge in [-0.2, -0.15) is 0 Å². The summed E-state index contributed by atoms with van der Waals surface area (Å²) in [4.78, 5) is 18.3. The van der Waals surface area contributed by atoms with Crippen LogP contribution in [0.2, 0.25) is 0 Å². The number of nitrogens with one attached hydrogen (secondary N) is 1. The highest BCUT2D eigenvalue weighted by atomic mass is 16.3. The molecule has 1 amide bonds. The van der Waals surface area contributed by atoms with Crippen LogP contribution in [0.1, 0.15) is 5.69 Å². The molecule has 5 heteroatoms. The van der Waals surface area contributed by atoms with Crippen molar-refractivity contribution in [1.82, 2.24) is 15.3 Å². The highest BCUT2D eigenvalue weighted by Crippen LogP contribution is 1.87. The van der Waals surface area contributed by atoms with Gasteiger partial charge in [-0.1, -0.05) is 0 Å². The summed E-state index contributed by atoms with van der Waals surface area (Å²) in [5, 5.41) is 10.8. The molecule has 0 radical (unpaired) electrons. The molecule has 5 nitrogen and oxygen atoms in total. The maximum absolute atomic E-state index is 10.6. The normalized spacial score (nSPS) is 9.42. The molecule has 0 unspecified atom stereocenters. The minimum absolute atomic E-state index is 0.299. The van der Waals surface area contributed by atoms with Crippen LogP contribution in [-0.4, -0.2) is 27.6 Å². The van der Waals surface area contributed by atoms with Gasteiger partial charge in [-0.15, -0.1) is 0 Å². The smallest absolute Gasteiger partial charge is 0.246 e. The number of hydrogen-bond acceptors (Lipinski definition) is 4. The van der Waals surface area contributed by atoms with E-state index in [1.165, 1.54) is 0 Å². The minimum atomic E-state index is -0.500. The third-order valence-electron chi connectivity index (χ3n) is 1.23. The number of carbonyl (C=O) groups excluding carboxylic acids is 1. The zero-order valence-corrected chi connectivity index (χ0v) is 6.40. The van der Waals surface area contributed by atoms with Gasteiger partial charge in [0.2, 0.25) is 5.91 Å². The summed E-state index contributed by atoms with van der Waals surface area (Å²) < 4.78 is 0. The van der Waals surface area contributed by atoms with E-state index in [0.29, 0.717) is 12.2 Å². The lowest BCUT2D eigenvalue weighted by atomic mass is 10.4. The Morgan fingerprint density at radius 2 is 2.42 bits per heavy atom. The Hall–Kier alpha value is -1.49. The maximum atomic E-state index is 10.6. The van der Waals surface area contributed by atoms with Crippen molar-refractivity contribution in [3.05, 3.63) is 24.3 Å². The van der Waals surface area contributed by atoms with Gasteiger partial charge >= 0.3 is 0 Å². The molecule has 0 spiro atoms. The molecule has 12 heavy (non-hydrogen) atoms. The van der Waals surface area contributed by atoms with Gasteiger partial charge in [-0.3, -0.25) is 14.8 Å². The Morgan fingerprint density at radius 3 is 3.00 bits per heavy atom. The van der Waals surface area contributed by atoms with Crippen LogP contribution >= 0.6 is 0 Å². The molecule has 1 rings (SSSR count). The molecule has 0 aliphatic carbocycles. The van der Waals surface area contributed by atoms with Gasteiger partial charge in [-0.05, 0) is 0 Å². The topological polar surface area (TPSA) is 75.1 Å². The first-order valence-electron chi connectivity index (χ1n) is 3.45. The molecule has 0 fully saturated rings. The summed E-state index contributed by atoms with van der Waals surface area (Å²) in [6, 6.07) is 0. The number of amides is 1. The highest BCUT2D eigenvalue weighted by Gasteiger charge is 1.97. The van der Waals surface area contributed by atoms with E-state index in [1.54, 1.807) is 18.6 Å². The summed E-state index contributed by atoms with van der Waals surface area (Å²) in [6.07, 6.45) is 4.65. The first-order valence-corrected chi connectivity index (χ1v) is 3.45. The predicted molar refractivity (Wildman–Crippen MR) is 41.0 cm³/mol. The molecular weight excluding hydrogens is 158 g/mol. The molecule has 2 N–H and O–H groups in total. The van der Waals surface area contributed by atoms with Crippen LogP contribution in [0.3, 0.4) is 0 Å². The summed E-state index contributed by atoms with van der Waals surface area (Å²) >= 11 is 0. The second-order valence-corrected chi connectivity index (χ2v) is 2.13. The standard InChI is InChI=1S/C7H9N3O2/c11-5-7(12)10-4-6-3-8-1-2-9-6/h1-3,11H,4-5H2,(H,10,12). The molecule has 64 valence electrons. The van der Waals surface area contributed by atoms with E-state index in [0.717, 1.165) is 0 Å². The van der Waals surface area contributed by atoms with E-state index in [4.69, 9.17) is 5.11 Å². The number of rotatable bonds is 3. The molecule has 1 aromatic rings. The number of aliphatic hydroxyl groups excluding tert-OH is 1. The van der Waals surface area contributed by atoms with Crippen LogP contribution in [0, 0.1) is 0 Å². The Balaban J connectivity index is 2.38. The first-order chi connectivity index (χ1) is 5.83. The fourth-order valence-corrected chi connectivity index (χ4v) is 0.666. The summed E-state index contributed by atoms with van der Waals surface area (Å²) in [5.41, 5.74) is 0.666. The number of aliphatic hydroxyl groups is 1. The van der Waals surface area contributed by atoms with Gasteiger partial charge in [0.1, 0.15) is 6.61 Å². The number of nitrogens with zero attached hydrogens (tertiary/aromatic N) is 2. The molecule has 0 aliphatic heterocycles. The largest absolute Gasteiger partial charge is 0.387 e. The monoisotopic (exact) mass is 167 g/mol. The van der Waals surface area contributed by atoms with Crippen molar-refractivity contribution in [3.8, 4) is 0 Å². The Morgan fingerprint density at radius 1 is 1.58 bits per heavy atom. The molecule has 1 heterocycles. The predicted octanol–water partition coefficient (Wildman–Crippen LogP) is -0.915. The molecule has 0 saturated carbocycles. The number of aromatic nitrogens is 2. The van der Waals surface area contributed by atoms with Crippen LogP contribution in [-0.2, 0) is 11.3 Å². The lowest BCUT2D eigenvalue weighted by Crippen LogP contribution is -2.25. The summed E-state index contributed by atoms with van der Waals surface area (Å²) in [6.45, 7) is -0.201. The van der Waals surface area contributed by atoms with E-state index in [-0.39, 0.29) is 0 Å². The van der Waals surface area contributed by atoms with Crippen LogP contribution in [0.25, 0.3) is 0 Å². The zero-order chi connectivity index (χ0) is 8.81. The lowest BCUT2D eigenvalue weighted by Gasteiger charge is -2.00. The van der Waals surface area contributed by atoms with Crippen molar-refractivity contribution in [2.45, 2.75) is 6.54 Å². The van der Waals surface area contributed by atoms with Crippen molar-refractivity contribution >= 4 is 5.91 Å². The molecule has 0 bridgehead atoms. The molecule has 0 aromatic carbocycles. The maximum Gasteiger partial charge on any atom is 0.246 e. The fraction of sp³-hybridized carbons (Fsp3) is 0.286. The van der Waals surface area contributed by atoms with E-state index in [9.17, 15) is 4.79 Å². The van der Waals surface area contributed by atoms with Crippen molar-refractivity contribution in [2.75, 3.05) is 6.61 Å². The quantitative estimate of drug-likeness (QED) is 0.610. The zero-order valence-electron chi connectivity index (χ0n) is 6.40. The van der Waals surface area contributed by atoms with Crippen molar-refractivity contribution in [3.63, 3.8) is 0 Å². The van der Waals surface area contributed by atoms with Crippen molar-refractivity contribution in [1.29, 1.82) is 0 Å². The van der Waals surface area contributed by atoms with Gasteiger partial charge in [0, 0.05) is 12.4 Å². The van der Waals surface area contributed by atoms with Crippen molar-refractivity contribution < 1.29 is 9.90 Å². The Kier molecular flexibility index (Phi) is 3.16. The number of hydrogen-bond donors (Lipinski definition) is 2. The minimum Gasteiger partial charge on any atom is -0.387 e. The fourth-order valence-electron chi connectivity index (χ4n) is 0.666. The van der Waals surface area contributed by atoms with Crippen LogP contribution in [0.5, 0.6) is 0 Å². The van der Waals surface area contributed by atoms with E-state index in [1.807, 2.05) is 0 Å². The van der Waals surface area contributed by atoms with Crippen LogP contribution in [0.4, 0.5) is 0 Å². The van der Waals surface area contributed by atoms with Gasteiger partial charge in [0.05, 0.1) is 18.4 Å². The van der Waals surface area contributed by atoms with Gasteiger partial charge < -0.3 is 10.4 Å². The molecular formula is C7H9N3O2. The molecule has 0 atom stereocenters. The van der Waals surface area contributed by atoms with Gasteiger partial charge in [0.15, 0.2) is 0 Å². The van der Waals surface area contributed by atoms with E-state index < -0.39 is 12.5 Å². The van der Waals surface area contributed by atoms with Crippen LogP contribution in [0.15, 0.2) is 18.6 Å². The first kappa shape index (κ1) is 8.61. The lowest BCUT2D eigenvalue weighted by molar-refractivity contribution is -0.123. The summed E-state index contributed by atoms with van der Waals surface area (Å²) in [5.74, 6) is -0.416. The molecule has 0 aliphatic rings. The second kappa shape index (κ2) is 4.40. The highest BCUT2D eigenvalue weighted by molar-refractivity contribution is 5.76. The van der Waals surface area contributed by atoms with Crippen molar-refractivity contribution in [2.24, 2.45) is 0 Å². The Bertz CT molecular complexity index is 250. The van der Waals surface area contributed by atoms with Crippen LogP contribution < -0.4 is 5.32 Å². The van der Waals surface area contributed by atoms with E-state index >= 15 is 0 Å². The number of carbonyl (C=O) groups is 1. The third kappa shape index (κ3) is 2.63. The average molecular weight is 167 g/mol. The second-order valence-electron chi connectivity index (χ2n) is 2.13. The third-order valence-corrected chi connectivity index (χ3v) is 1.23.